The fraction of sp³-hybridized carbons (Fsp3) is 0.474. The van der Waals surface area contributed by atoms with Gasteiger partial charge in [0.2, 0.25) is 5.95 Å². The second-order valence-corrected chi connectivity index (χ2v) is 7.46. The lowest BCUT2D eigenvalue weighted by Gasteiger charge is -2.38. The van der Waals surface area contributed by atoms with Crippen molar-refractivity contribution in [3.05, 3.63) is 52.8 Å². The van der Waals surface area contributed by atoms with Crippen LogP contribution in [0.5, 0.6) is 0 Å². The summed E-state index contributed by atoms with van der Waals surface area (Å²) in [5, 5.41) is 4.27. The molecule has 3 N–H and O–H groups in total. The lowest BCUT2D eigenvalue weighted by Crippen LogP contribution is -2.42. The van der Waals surface area contributed by atoms with E-state index in [0.717, 1.165) is 62.1 Å². The summed E-state index contributed by atoms with van der Waals surface area (Å²) in [6, 6.07) is 10.4. The topological polar surface area (TPSA) is 67.1 Å². The first-order chi connectivity index (χ1) is 12.2. The summed E-state index contributed by atoms with van der Waals surface area (Å²) in [7, 11) is 0. The van der Waals surface area contributed by atoms with E-state index in [9.17, 15) is 0 Å². The molecule has 4 rings (SSSR count). The van der Waals surface area contributed by atoms with Gasteiger partial charge in [0.15, 0.2) is 0 Å². The van der Waals surface area contributed by atoms with Crippen LogP contribution in [0, 0.1) is 0 Å². The highest BCUT2D eigenvalue weighted by molar-refractivity contribution is 6.31. The van der Waals surface area contributed by atoms with E-state index in [4.69, 9.17) is 22.3 Å². The van der Waals surface area contributed by atoms with E-state index in [2.05, 4.69) is 27.3 Å². The summed E-state index contributed by atoms with van der Waals surface area (Å²) < 4.78 is 0. The molecule has 2 fully saturated rings. The fourth-order valence-corrected chi connectivity index (χ4v) is 4.42. The first kappa shape index (κ1) is 16.8. The van der Waals surface area contributed by atoms with Crippen molar-refractivity contribution in [3.63, 3.8) is 0 Å². The van der Waals surface area contributed by atoms with Gasteiger partial charge < -0.3 is 16.0 Å². The molecule has 0 aliphatic carbocycles. The van der Waals surface area contributed by atoms with Crippen LogP contribution in [-0.4, -0.2) is 42.2 Å². The van der Waals surface area contributed by atoms with Crippen molar-refractivity contribution in [3.8, 4) is 0 Å². The highest BCUT2D eigenvalue weighted by Gasteiger charge is 2.39. The van der Waals surface area contributed by atoms with Crippen LogP contribution in [0.1, 0.15) is 30.5 Å². The maximum atomic E-state index is 6.59. The molecule has 0 amide bonds. The molecule has 2 aliphatic heterocycles. The van der Waals surface area contributed by atoms with Crippen molar-refractivity contribution in [2.75, 3.05) is 31.1 Å². The number of nitrogens with two attached hydrogens (primary N) is 1. The molecular formula is C19H24ClN5. The Kier molecular flexibility index (Phi) is 4.63. The third-order valence-electron chi connectivity index (χ3n) is 5.49. The average Bonchev–Trinajstić information content (AvgIpc) is 3.09. The maximum absolute atomic E-state index is 6.59. The summed E-state index contributed by atoms with van der Waals surface area (Å²) >= 11 is 6.59. The third-order valence-corrected chi connectivity index (χ3v) is 5.82. The van der Waals surface area contributed by atoms with Crippen molar-refractivity contribution < 1.29 is 0 Å². The second-order valence-electron chi connectivity index (χ2n) is 7.05. The minimum Gasteiger partial charge on any atom is -0.339 e. The number of hydrogen-bond acceptors (Lipinski definition) is 5. The lowest BCUT2D eigenvalue weighted by molar-refractivity contribution is 0.354. The molecule has 5 nitrogen and oxygen atoms in total. The number of aromatic nitrogens is 2. The molecule has 132 valence electrons. The molecule has 0 saturated carbocycles. The van der Waals surface area contributed by atoms with Gasteiger partial charge in [-0.1, -0.05) is 29.8 Å². The minimum atomic E-state index is -0.164. The summed E-state index contributed by atoms with van der Waals surface area (Å²) in [4.78, 5) is 11.7. The normalized spacial score (nSPS) is 23.0. The number of rotatable bonds is 3. The third kappa shape index (κ3) is 3.12. The van der Waals surface area contributed by atoms with E-state index in [1.54, 1.807) is 0 Å². The molecule has 0 unspecified atom stereocenters. The summed E-state index contributed by atoms with van der Waals surface area (Å²) in [6.45, 7) is 3.66. The van der Waals surface area contributed by atoms with Gasteiger partial charge in [-0.05, 0) is 50.0 Å². The fourth-order valence-electron chi connectivity index (χ4n) is 4.10. The van der Waals surface area contributed by atoms with Gasteiger partial charge >= 0.3 is 0 Å². The van der Waals surface area contributed by atoms with Crippen LogP contribution in [0.3, 0.4) is 0 Å². The van der Waals surface area contributed by atoms with E-state index >= 15 is 0 Å². The molecule has 1 aromatic carbocycles. The van der Waals surface area contributed by atoms with Gasteiger partial charge in [0.05, 0.1) is 5.69 Å². The number of benzene rings is 1. The maximum Gasteiger partial charge on any atom is 0.225 e. The van der Waals surface area contributed by atoms with Crippen molar-refractivity contribution in [1.29, 1.82) is 0 Å². The zero-order valence-electron chi connectivity index (χ0n) is 14.3. The number of hydrogen-bond donors (Lipinski definition) is 2. The second kappa shape index (κ2) is 6.90. The molecule has 0 radical (unpaired) electrons. The Morgan fingerprint density at radius 2 is 2.00 bits per heavy atom. The van der Waals surface area contributed by atoms with E-state index in [1.807, 2.05) is 24.4 Å². The van der Waals surface area contributed by atoms with Crippen LogP contribution in [-0.2, 0) is 5.41 Å². The monoisotopic (exact) mass is 357 g/mol. The zero-order chi connectivity index (χ0) is 17.3. The Morgan fingerprint density at radius 1 is 1.20 bits per heavy atom. The summed E-state index contributed by atoms with van der Waals surface area (Å²) in [6.07, 6.45) is 4.83. The predicted octanol–water partition coefficient (Wildman–Crippen LogP) is 2.34. The molecule has 25 heavy (non-hydrogen) atoms. The van der Waals surface area contributed by atoms with Gasteiger partial charge in [-0.3, -0.25) is 0 Å². The van der Waals surface area contributed by atoms with E-state index < -0.39 is 0 Å². The summed E-state index contributed by atoms with van der Waals surface area (Å²) in [5.41, 5.74) is 8.12. The number of nitrogens with one attached hydrogen (secondary N) is 1. The van der Waals surface area contributed by atoms with Crippen molar-refractivity contribution >= 4 is 17.5 Å². The van der Waals surface area contributed by atoms with Gasteiger partial charge in [-0.2, -0.15) is 0 Å². The molecule has 1 atom stereocenters. The SMILES string of the molecule is N[C@@H]1CCN(c2nccc(C3(c4ccccc4Cl)CCNCC3)n2)C1. The molecule has 1 aromatic heterocycles. The number of nitrogens with zero attached hydrogens (tertiary/aromatic N) is 3. The molecule has 2 aromatic rings. The van der Waals surface area contributed by atoms with E-state index in [-0.39, 0.29) is 11.5 Å². The Bertz CT molecular complexity index is 744. The van der Waals surface area contributed by atoms with Gasteiger partial charge in [-0.25, -0.2) is 9.97 Å². The van der Waals surface area contributed by atoms with Gasteiger partial charge in [0, 0.05) is 35.8 Å². The van der Waals surface area contributed by atoms with Gasteiger partial charge in [-0.15, -0.1) is 0 Å². The van der Waals surface area contributed by atoms with Crippen molar-refractivity contribution in [2.45, 2.75) is 30.7 Å². The molecule has 3 heterocycles. The number of piperidine rings is 1. The van der Waals surface area contributed by atoms with E-state index in [1.165, 1.54) is 5.56 Å². The molecule has 2 saturated heterocycles. The number of halogens is 1. The summed E-state index contributed by atoms with van der Waals surface area (Å²) in [5.74, 6) is 0.787. The Morgan fingerprint density at radius 3 is 2.72 bits per heavy atom. The first-order valence-corrected chi connectivity index (χ1v) is 9.37. The standard InChI is InChI=1S/C19H24ClN5/c20-16-4-2-1-3-15(16)19(7-10-22-11-8-19)17-5-9-23-18(24-17)25-12-6-14(21)13-25/h1-5,9,14,22H,6-8,10-13,21H2/t14-/m1/s1. The largest absolute Gasteiger partial charge is 0.339 e. The molecule has 6 heteroatoms. The van der Waals surface area contributed by atoms with Crippen molar-refractivity contribution in [1.82, 2.24) is 15.3 Å². The molecule has 2 aliphatic rings. The Labute approximate surface area is 153 Å². The van der Waals surface area contributed by atoms with Crippen LogP contribution in [0.15, 0.2) is 36.5 Å². The zero-order valence-corrected chi connectivity index (χ0v) is 15.0. The van der Waals surface area contributed by atoms with Gasteiger partial charge in [0.25, 0.3) is 0 Å². The number of anilines is 1. The quantitative estimate of drug-likeness (QED) is 0.882. The van der Waals surface area contributed by atoms with Crippen LogP contribution < -0.4 is 16.0 Å². The first-order valence-electron chi connectivity index (χ1n) is 8.99. The Balaban J connectivity index is 1.77. The predicted molar refractivity (Wildman–Crippen MR) is 101 cm³/mol. The average molecular weight is 358 g/mol. The minimum absolute atomic E-state index is 0.164. The van der Waals surface area contributed by atoms with Crippen LogP contribution in [0.2, 0.25) is 5.02 Å². The van der Waals surface area contributed by atoms with Crippen LogP contribution in [0.25, 0.3) is 0 Å². The van der Waals surface area contributed by atoms with Crippen molar-refractivity contribution in [2.24, 2.45) is 5.73 Å². The molecule has 0 bridgehead atoms. The Hall–Kier alpha value is -1.69. The van der Waals surface area contributed by atoms with Gasteiger partial charge in [0.1, 0.15) is 0 Å². The lowest BCUT2D eigenvalue weighted by atomic mass is 9.70. The highest BCUT2D eigenvalue weighted by atomic mass is 35.5. The molecular weight excluding hydrogens is 334 g/mol. The van der Waals surface area contributed by atoms with Crippen LogP contribution in [0.4, 0.5) is 5.95 Å². The van der Waals surface area contributed by atoms with E-state index in [0.29, 0.717) is 0 Å². The van der Waals surface area contributed by atoms with Crippen LogP contribution >= 0.6 is 11.6 Å². The highest BCUT2D eigenvalue weighted by Crippen LogP contribution is 2.42. The smallest absolute Gasteiger partial charge is 0.225 e. The molecule has 0 spiro atoms.